The SMILES string of the molecule is CC(C)(C)OC(=O)N1C[C@@H]2C(C(=O)NC(C)(C)c3ncc4cnccn34)[C@@H]2C1. The lowest BCUT2D eigenvalue weighted by Gasteiger charge is -2.27. The summed E-state index contributed by atoms with van der Waals surface area (Å²) in [7, 11) is 0. The predicted octanol–water partition coefficient (Wildman–Crippen LogP) is 2.19. The minimum Gasteiger partial charge on any atom is -0.444 e. The van der Waals surface area contributed by atoms with Crippen molar-refractivity contribution >= 4 is 17.5 Å². The number of imidazole rings is 1. The Morgan fingerprint density at radius 3 is 2.46 bits per heavy atom. The van der Waals surface area contributed by atoms with Gasteiger partial charge in [-0.3, -0.25) is 14.2 Å². The zero-order chi connectivity index (χ0) is 20.3. The maximum atomic E-state index is 12.9. The van der Waals surface area contributed by atoms with Crippen LogP contribution in [0.3, 0.4) is 0 Å². The highest BCUT2D eigenvalue weighted by atomic mass is 16.6. The molecule has 4 rings (SSSR count). The maximum absolute atomic E-state index is 12.9. The molecule has 0 bridgehead atoms. The van der Waals surface area contributed by atoms with Gasteiger partial charge in [-0.15, -0.1) is 0 Å². The van der Waals surface area contributed by atoms with Gasteiger partial charge in [-0.1, -0.05) is 0 Å². The van der Waals surface area contributed by atoms with E-state index in [2.05, 4.69) is 15.3 Å². The second-order valence-electron chi connectivity index (χ2n) is 9.31. The summed E-state index contributed by atoms with van der Waals surface area (Å²) >= 11 is 0. The molecular formula is C20H27N5O3. The highest BCUT2D eigenvalue weighted by Crippen LogP contribution is 2.52. The molecule has 0 spiro atoms. The van der Waals surface area contributed by atoms with Crippen LogP contribution >= 0.6 is 0 Å². The highest BCUT2D eigenvalue weighted by Gasteiger charge is 2.61. The fourth-order valence-electron chi connectivity index (χ4n) is 4.15. The number of nitrogens with one attached hydrogen (secondary N) is 1. The van der Waals surface area contributed by atoms with Crippen LogP contribution in [0, 0.1) is 17.8 Å². The number of piperidine rings is 1. The van der Waals surface area contributed by atoms with E-state index in [4.69, 9.17) is 4.74 Å². The van der Waals surface area contributed by atoms with Crippen LogP contribution in [-0.4, -0.2) is 50.0 Å². The molecule has 2 aliphatic rings. The summed E-state index contributed by atoms with van der Waals surface area (Å²) in [6, 6.07) is 0. The van der Waals surface area contributed by atoms with Gasteiger partial charge in [0.25, 0.3) is 0 Å². The summed E-state index contributed by atoms with van der Waals surface area (Å²) in [6.45, 7) is 10.6. The minimum absolute atomic E-state index is 0.0228. The summed E-state index contributed by atoms with van der Waals surface area (Å²) in [6.07, 6.45) is 6.74. The summed E-state index contributed by atoms with van der Waals surface area (Å²) in [5, 5.41) is 3.15. The van der Waals surface area contributed by atoms with Crippen molar-refractivity contribution in [1.29, 1.82) is 0 Å². The van der Waals surface area contributed by atoms with Crippen molar-refractivity contribution in [2.45, 2.75) is 45.8 Å². The van der Waals surface area contributed by atoms with Gasteiger partial charge in [0.2, 0.25) is 5.91 Å². The number of rotatable bonds is 3. The highest BCUT2D eigenvalue weighted by molar-refractivity contribution is 5.84. The zero-order valence-electron chi connectivity index (χ0n) is 17.0. The standard InChI is InChI=1S/C20H27N5O3/c1-19(2,3)28-18(27)24-10-13-14(11-24)15(13)16(26)23-20(4,5)17-22-9-12-8-21-6-7-25(12)17/h6-9,13-15H,10-11H2,1-5H3,(H,23,26)/t13-,14+,15?. The molecule has 1 saturated heterocycles. The summed E-state index contributed by atoms with van der Waals surface area (Å²) < 4.78 is 7.36. The van der Waals surface area contributed by atoms with E-state index < -0.39 is 11.1 Å². The summed E-state index contributed by atoms with van der Waals surface area (Å²) in [5.41, 5.74) is -0.240. The number of fused-ring (bicyclic) bond motifs is 2. The van der Waals surface area contributed by atoms with Crippen LogP contribution in [-0.2, 0) is 15.1 Å². The van der Waals surface area contributed by atoms with Crippen molar-refractivity contribution in [1.82, 2.24) is 24.6 Å². The van der Waals surface area contributed by atoms with Gasteiger partial charge in [0.05, 0.1) is 23.4 Å². The summed E-state index contributed by atoms with van der Waals surface area (Å²) in [4.78, 5) is 35.4. The molecule has 2 fully saturated rings. The van der Waals surface area contributed by atoms with E-state index in [0.29, 0.717) is 13.1 Å². The first kappa shape index (κ1) is 18.7. The van der Waals surface area contributed by atoms with Gasteiger partial charge in [-0.25, -0.2) is 9.78 Å². The number of hydrogen-bond donors (Lipinski definition) is 1. The van der Waals surface area contributed by atoms with Gasteiger partial charge in [-0.2, -0.15) is 0 Å². The quantitative estimate of drug-likeness (QED) is 0.875. The predicted molar refractivity (Wildman–Crippen MR) is 102 cm³/mol. The molecule has 3 atom stereocenters. The van der Waals surface area contributed by atoms with Crippen molar-refractivity contribution in [2.24, 2.45) is 17.8 Å². The molecule has 1 N–H and O–H groups in total. The molecule has 2 amide bonds. The third kappa shape index (κ3) is 3.31. The van der Waals surface area contributed by atoms with Crippen LogP contribution in [0.4, 0.5) is 4.79 Å². The molecule has 28 heavy (non-hydrogen) atoms. The van der Waals surface area contributed by atoms with Crippen molar-refractivity contribution in [3.8, 4) is 0 Å². The van der Waals surface area contributed by atoms with Crippen LogP contribution in [0.15, 0.2) is 24.8 Å². The Balaban J connectivity index is 1.38. The molecule has 150 valence electrons. The fourth-order valence-corrected chi connectivity index (χ4v) is 4.15. The molecular weight excluding hydrogens is 358 g/mol. The molecule has 3 heterocycles. The second kappa shape index (κ2) is 6.18. The molecule has 1 unspecified atom stereocenters. The molecule has 1 saturated carbocycles. The Kier molecular flexibility index (Phi) is 4.13. The Labute approximate surface area is 164 Å². The number of ether oxygens (including phenoxy) is 1. The first-order valence-electron chi connectivity index (χ1n) is 9.64. The average Bonchev–Trinajstić information content (AvgIpc) is 2.96. The van der Waals surface area contributed by atoms with Gasteiger partial charge < -0.3 is 15.0 Å². The van der Waals surface area contributed by atoms with E-state index in [-0.39, 0.29) is 29.8 Å². The van der Waals surface area contributed by atoms with Crippen LogP contribution < -0.4 is 5.32 Å². The number of aromatic nitrogens is 3. The normalized spacial score (nSPS) is 24.2. The summed E-state index contributed by atoms with van der Waals surface area (Å²) in [5.74, 6) is 1.16. The van der Waals surface area contributed by atoms with E-state index in [1.165, 1.54) is 0 Å². The van der Waals surface area contributed by atoms with Gasteiger partial charge in [0.1, 0.15) is 11.4 Å². The van der Waals surface area contributed by atoms with E-state index in [0.717, 1.165) is 11.3 Å². The monoisotopic (exact) mass is 385 g/mol. The lowest BCUT2D eigenvalue weighted by molar-refractivity contribution is -0.125. The van der Waals surface area contributed by atoms with Gasteiger partial charge >= 0.3 is 6.09 Å². The number of carbonyl (C=O) groups excluding carboxylic acids is 2. The Morgan fingerprint density at radius 2 is 1.82 bits per heavy atom. The first-order valence-corrected chi connectivity index (χ1v) is 9.64. The third-order valence-electron chi connectivity index (χ3n) is 5.48. The van der Waals surface area contributed by atoms with E-state index in [9.17, 15) is 9.59 Å². The smallest absolute Gasteiger partial charge is 0.410 e. The largest absolute Gasteiger partial charge is 0.444 e. The lowest BCUT2D eigenvalue weighted by Crippen LogP contribution is -2.45. The zero-order valence-corrected chi connectivity index (χ0v) is 17.0. The number of nitrogens with zero attached hydrogens (tertiary/aromatic N) is 4. The molecule has 0 radical (unpaired) electrons. The molecule has 2 aromatic rings. The van der Waals surface area contributed by atoms with Gasteiger partial charge in [0.15, 0.2) is 0 Å². The van der Waals surface area contributed by atoms with Crippen molar-refractivity contribution < 1.29 is 14.3 Å². The van der Waals surface area contributed by atoms with Gasteiger partial charge in [0, 0.05) is 31.4 Å². The molecule has 1 aliphatic carbocycles. The van der Waals surface area contributed by atoms with Gasteiger partial charge in [-0.05, 0) is 46.5 Å². The number of hydrogen-bond acceptors (Lipinski definition) is 5. The molecule has 2 aromatic heterocycles. The third-order valence-corrected chi connectivity index (χ3v) is 5.48. The Bertz CT molecular complexity index is 917. The van der Waals surface area contributed by atoms with Crippen molar-refractivity contribution in [3.05, 3.63) is 30.6 Å². The number of amides is 2. The van der Waals surface area contributed by atoms with Crippen LogP contribution in [0.2, 0.25) is 0 Å². The number of likely N-dealkylation sites (tertiary alicyclic amines) is 1. The Hall–Kier alpha value is -2.64. The second-order valence-corrected chi connectivity index (χ2v) is 9.31. The van der Waals surface area contributed by atoms with Crippen LogP contribution in [0.1, 0.15) is 40.4 Å². The van der Waals surface area contributed by atoms with Crippen molar-refractivity contribution in [3.63, 3.8) is 0 Å². The molecule has 1 aliphatic heterocycles. The average molecular weight is 385 g/mol. The van der Waals surface area contributed by atoms with Crippen LogP contribution in [0.25, 0.3) is 5.52 Å². The lowest BCUT2D eigenvalue weighted by atomic mass is 10.0. The van der Waals surface area contributed by atoms with Crippen molar-refractivity contribution in [2.75, 3.05) is 13.1 Å². The molecule has 8 nitrogen and oxygen atoms in total. The number of carbonyl (C=O) groups is 2. The van der Waals surface area contributed by atoms with E-state index in [1.807, 2.05) is 45.2 Å². The minimum atomic E-state index is -0.618. The van der Waals surface area contributed by atoms with E-state index in [1.54, 1.807) is 23.5 Å². The van der Waals surface area contributed by atoms with E-state index >= 15 is 0 Å². The molecule has 8 heteroatoms. The topological polar surface area (TPSA) is 88.8 Å². The molecule has 0 aromatic carbocycles. The maximum Gasteiger partial charge on any atom is 0.410 e. The first-order chi connectivity index (χ1) is 13.1. The fraction of sp³-hybridized carbons (Fsp3) is 0.600. The Morgan fingerprint density at radius 1 is 1.14 bits per heavy atom. The van der Waals surface area contributed by atoms with Crippen LogP contribution in [0.5, 0.6) is 0 Å².